The lowest BCUT2D eigenvalue weighted by atomic mass is 9.77. The van der Waals surface area contributed by atoms with Gasteiger partial charge in [0.25, 0.3) is 0 Å². The van der Waals surface area contributed by atoms with Crippen LogP contribution in [0.1, 0.15) is 48.0 Å². The van der Waals surface area contributed by atoms with E-state index in [2.05, 4.69) is 57.5 Å². The Morgan fingerprint density at radius 1 is 1.11 bits per heavy atom. The Bertz CT molecular complexity index is 593. The van der Waals surface area contributed by atoms with Crippen molar-refractivity contribution in [2.75, 3.05) is 0 Å². The number of fused-ring (bicyclic) bond motifs is 1. The van der Waals surface area contributed by atoms with E-state index in [1.807, 2.05) is 6.92 Å². The van der Waals surface area contributed by atoms with Gasteiger partial charge in [-0.05, 0) is 43.0 Å². The minimum absolute atomic E-state index is 0.0234. The van der Waals surface area contributed by atoms with Gasteiger partial charge in [-0.25, -0.2) is 0 Å². The van der Waals surface area contributed by atoms with Gasteiger partial charge in [0, 0.05) is 11.8 Å². The van der Waals surface area contributed by atoms with Crippen molar-refractivity contribution >= 4 is 0 Å². The molecule has 2 unspecified atom stereocenters. The van der Waals surface area contributed by atoms with Gasteiger partial charge in [-0.1, -0.05) is 37.6 Å². The second kappa shape index (κ2) is 3.74. The van der Waals surface area contributed by atoms with E-state index in [0.717, 1.165) is 11.5 Å². The van der Waals surface area contributed by atoms with Crippen molar-refractivity contribution in [3.63, 3.8) is 0 Å². The molecular formula is C17H19O. The monoisotopic (exact) mass is 239 g/mol. The summed E-state index contributed by atoms with van der Waals surface area (Å²) in [4.78, 5) is 0. The molecule has 1 heteroatoms. The van der Waals surface area contributed by atoms with Crippen molar-refractivity contribution in [1.82, 2.24) is 0 Å². The van der Waals surface area contributed by atoms with E-state index >= 15 is 0 Å². The Balaban J connectivity index is 2.08. The zero-order valence-corrected chi connectivity index (χ0v) is 11.4. The molecule has 1 radical (unpaired) electrons. The van der Waals surface area contributed by atoms with Crippen LogP contribution in [-0.2, 0) is 5.41 Å². The fraction of sp³-hybridized carbons (Fsp3) is 0.353. The third-order valence-corrected chi connectivity index (χ3v) is 4.33. The van der Waals surface area contributed by atoms with Crippen LogP contribution >= 0.6 is 0 Å². The number of hydrogen-bond acceptors (Lipinski definition) is 1. The minimum atomic E-state index is -0.0234. The van der Waals surface area contributed by atoms with Gasteiger partial charge >= 0.3 is 0 Å². The Labute approximate surface area is 109 Å². The van der Waals surface area contributed by atoms with Gasteiger partial charge in [0.05, 0.1) is 0 Å². The Kier molecular flexibility index (Phi) is 2.41. The molecule has 2 atom stereocenters. The average molecular weight is 239 g/mol. The lowest BCUT2D eigenvalue weighted by molar-refractivity contribution is 0.364. The first-order valence-corrected chi connectivity index (χ1v) is 6.54. The summed E-state index contributed by atoms with van der Waals surface area (Å²) < 4.78 is 5.87. The average Bonchev–Trinajstić information content (AvgIpc) is 2.86. The van der Waals surface area contributed by atoms with E-state index < -0.39 is 0 Å². The normalized spacial score (nSPS) is 26.3. The van der Waals surface area contributed by atoms with Gasteiger partial charge in [-0.3, -0.25) is 0 Å². The summed E-state index contributed by atoms with van der Waals surface area (Å²) >= 11 is 0. The number of rotatable bonds is 1. The van der Waals surface area contributed by atoms with E-state index in [9.17, 15) is 0 Å². The first-order chi connectivity index (χ1) is 8.50. The topological polar surface area (TPSA) is 13.1 Å². The molecule has 1 heterocycles. The standard InChI is InChI=1S/C17H19O/c1-11-5-7-14-10-17(4,13(3)15(14)9-11)16-8-6-12(2)18-16/h5-10,13H,1-4H3. The summed E-state index contributed by atoms with van der Waals surface area (Å²) in [6.07, 6.45) is 2.35. The predicted molar refractivity (Wildman–Crippen MR) is 73.8 cm³/mol. The molecular weight excluding hydrogens is 220 g/mol. The number of aryl methyl sites for hydroxylation is 2. The first-order valence-electron chi connectivity index (χ1n) is 6.54. The van der Waals surface area contributed by atoms with E-state index in [4.69, 9.17) is 4.42 Å². The van der Waals surface area contributed by atoms with Crippen molar-refractivity contribution in [3.8, 4) is 0 Å². The summed E-state index contributed by atoms with van der Waals surface area (Å²) in [5.41, 5.74) is 4.09. The van der Waals surface area contributed by atoms with Crippen LogP contribution in [0.5, 0.6) is 0 Å². The molecule has 0 amide bonds. The number of benzene rings is 1. The molecule has 18 heavy (non-hydrogen) atoms. The largest absolute Gasteiger partial charge is 0.466 e. The van der Waals surface area contributed by atoms with Crippen LogP contribution in [0.4, 0.5) is 0 Å². The van der Waals surface area contributed by atoms with Crippen molar-refractivity contribution in [2.24, 2.45) is 0 Å². The maximum atomic E-state index is 5.87. The summed E-state index contributed by atoms with van der Waals surface area (Å²) in [5.74, 6) is 2.51. The maximum absolute atomic E-state index is 5.87. The molecule has 0 aliphatic heterocycles. The van der Waals surface area contributed by atoms with Crippen LogP contribution < -0.4 is 0 Å². The van der Waals surface area contributed by atoms with Crippen molar-refractivity contribution in [1.29, 1.82) is 0 Å². The highest BCUT2D eigenvalue weighted by molar-refractivity contribution is 5.51. The molecule has 0 spiro atoms. The summed E-state index contributed by atoms with van der Waals surface area (Å²) in [5, 5.41) is 0. The molecule has 1 aromatic carbocycles. The van der Waals surface area contributed by atoms with Gasteiger partial charge in [-0.2, -0.15) is 0 Å². The van der Waals surface area contributed by atoms with E-state index in [0.29, 0.717) is 5.92 Å². The maximum Gasteiger partial charge on any atom is 0.111 e. The van der Waals surface area contributed by atoms with E-state index in [-0.39, 0.29) is 5.41 Å². The van der Waals surface area contributed by atoms with E-state index in [1.165, 1.54) is 16.7 Å². The minimum Gasteiger partial charge on any atom is -0.466 e. The van der Waals surface area contributed by atoms with Crippen LogP contribution in [0.2, 0.25) is 0 Å². The van der Waals surface area contributed by atoms with Gasteiger partial charge in [0.1, 0.15) is 11.5 Å². The fourth-order valence-electron chi connectivity index (χ4n) is 2.98. The number of hydrogen-bond donors (Lipinski definition) is 0. The first kappa shape index (κ1) is 11.6. The SMILES string of the molecule is Cc1ccc2c(c1)C(C)C(C)(c1ccc(C)o1)[CH]2. The molecule has 1 nitrogen and oxygen atoms in total. The van der Waals surface area contributed by atoms with Gasteiger partial charge in [0.2, 0.25) is 0 Å². The van der Waals surface area contributed by atoms with Crippen LogP contribution in [0, 0.1) is 20.3 Å². The molecule has 0 fully saturated rings. The molecule has 0 bridgehead atoms. The molecule has 3 rings (SSSR count). The summed E-state index contributed by atoms with van der Waals surface area (Å²) in [6.45, 7) is 8.72. The highest BCUT2D eigenvalue weighted by atomic mass is 16.3. The predicted octanol–water partition coefficient (Wildman–Crippen LogP) is 4.52. The van der Waals surface area contributed by atoms with Crippen LogP contribution in [0.25, 0.3) is 0 Å². The molecule has 93 valence electrons. The second-order valence-electron chi connectivity index (χ2n) is 5.69. The molecule has 0 N–H and O–H groups in total. The number of furan rings is 1. The third kappa shape index (κ3) is 1.53. The van der Waals surface area contributed by atoms with Gasteiger partial charge in [0.15, 0.2) is 0 Å². The van der Waals surface area contributed by atoms with Gasteiger partial charge < -0.3 is 4.42 Å². The summed E-state index contributed by atoms with van der Waals surface area (Å²) in [6, 6.07) is 10.9. The fourth-order valence-corrected chi connectivity index (χ4v) is 2.98. The van der Waals surface area contributed by atoms with Crippen LogP contribution in [0.3, 0.4) is 0 Å². The molecule has 1 aliphatic rings. The Morgan fingerprint density at radius 3 is 2.56 bits per heavy atom. The van der Waals surface area contributed by atoms with Crippen molar-refractivity contribution < 1.29 is 4.42 Å². The lowest BCUT2D eigenvalue weighted by Gasteiger charge is -2.27. The highest BCUT2D eigenvalue weighted by Crippen LogP contribution is 2.50. The zero-order chi connectivity index (χ0) is 12.9. The molecule has 1 aliphatic carbocycles. The van der Waals surface area contributed by atoms with Crippen molar-refractivity contribution in [3.05, 3.63) is 65.0 Å². The smallest absolute Gasteiger partial charge is 0.111 e. The third-order valence-electron chi connectivity index (χ3n) is 4.33. The molecule has 0 saturated carbocycles. The zero-order valence-electron chi connectivity index (χ0n) is 11.4. The quantitative estimate of drug-likeness (QED) is 0.713. The van der Waals surface area contributed by atoms with Crippen molar-refractivity contribution in [2.45, 2.75) is 39.0 Å². The summed E-state index contributed by atoms with van der Waals surface area (Å²) in [7, 11) is 0. The lowest BCUT2D eigenvalue weighted by Crippen LogP contribution is -2.23. The van der Waals surface area contributed by atoms with Crippen LogP contribution in [-0.4, -0.2) is 0 Å². The molecule has 1 aromatic heterocycles. The molecule has 0 saturated heterocycles. The Hall–Kier alpha value is -1.50. The van der Waals surface area contributed by atoms with Crippen LogP contribution in [0.15, 0.2) is 34.7 Å². The second-order valence-corrected chi connectivity index (χ2v) is 5.69. The molecule has 2 aromatic rings. The Morgan fingerprint density at radius 2 is 1.89 bits per heavy atom. The van der Waals surface area contributed by atoms with Gasteiger partial charge in [-0.15, -0.1) is 0 Å². The highest BCUT2D eigenvalue weighted by Gasteiger charge is 2.43. The van der Waals surface area contributed by atoms with E-state index in [1.54, 1.807) is 0 Å².